The van der Waals surface area contributed by atoms with Crippen molar-refractivity contribution < 1.29 is 52.6 Å². The third-order valence-corrected chi connectivity index (χ3v) is 12.3. The Morgan fingerprint density at radius 1 is 0.671 bits per heavy atom. The number of carboxylic acids is 2. The molecule has 0 atom stereocenters. The number of benzene rings is 5. The van der Waals surface area contributed by atoms with Crippen LogP contribution in [0.1, 0.15) is 53.7 Å². The fourth-order valence-corrected chi connectivity index (χ4v) is 7.62. The van der Waals surface area contributed by atoms with Gasteiger partial charge in [0, 0.05) is 31.3 Å². The molecule has 0 unspecified atom stereocenters. The van der Waals surface area contributed by atoms with E-state index in [2.05, 4.69) is 32.4 Å². The number of aromatic carboxylic acids is 2. The van der Waals surface area contributed by atoms with E-state index in [0.717, 1.165) is 22.3 Å². The number of aldehydes is 1. The van der Waals surface area contributed by atoms with Crippen LogP contribution < -0.4 is 5.32 Å². The largest absolute Gasteiger partial charge is 0.478 e. The standard InChI is InChI=1S/C23H18N2O4S.C12H8O4.C11H12N2OS.C8H7NS.C4H9NO2.ClH/c1-24-19(21(26)25(23(24)30)14-15-5-3-2-4-6-15)13-18-11-12-20(29-18)16-7-9-17(10-8-16)22(27)28;13-7-10-5-6-11(16-10)8-1-3-9(4-2-8)12(14)15;1-12-8-10(14)13(11(12)15)7-9-5-3-2-4-6-9;10-7-9-6-8-4-2-1-3-5-8;1-5-3-4(6)7-2;/h2-13H,14H2,1H3,(H,27,28);1-7H,(H,14,15);2-6H,7-8H2,1H3;1-5H,6H2;5H,3H2,1-2H3;1H/b19-13-;;;;;. The number of amides is 2. The fourth-order valence-electron chi connectivity index (χ4n) is 7.08. The zero-order valence-electron chi connectivity index (χ0n) is 43.2. The Kier molecular flexibility index (Phi) is 25.5. The Morgan fingerprint density at radius 2 is 1.13 bits per heavy atom. The highest BCUT2D eigenvalue weighted by Crippen LogP contribution is 2.28. The van der Waals surface area contributed by atoms with Gasteiger partial charge in [-0.05, 0) is 109 Å². The zero-order chi connectivity index (χ0) is 56.6. The van der Waals surface area contributed by atoms with Gasteiger partial charge in [0.2, 0.25) is 5.91 Å². The van der Waals surface area contributed by atoms with E-state index in [1.54, 1.807) is 88.3 Å². The molecule has 2 fully saturated rings. The Hall–Kier alpha value is -8.75. The van der Waals surface area contributed by atoms with Crippen LogP contribution in [-0.2, 0) is 38.8 Å². The highest BCUT2D eigenvalue weighted by Gasteiger charge is 2.36. The molecule has 0 bridgehead atoms. The van der Waals surface area contributed by atoms with Gasteiger partial charge in [0.25, 0.3) is 5.91 Å². The van der Waals surface area contributed by atoms with Gasteiger partial charge >= 0.3 is 17.9 Å². The van der Waals surface area contributed by atoms with E-state index < -0.39 is 11.9 Å². The Balaban J connectivity index is 0.000000233. The van der Waals surface area contributed by atoms with E-state index in [0.29, 0.717) is 65.7 Å². The van der Waals surface area contributed by atoms with Crippen LogP contribution >= 0.6 is 49.1 Å². The molecule has 2 aliphatic rings. The van der Waals surface area contributed by atoms with Gasteiger partial charge in [-0.15, -0.1) is 12.4 Å². The van der Waals surface area contributed by atoms with Crippen molar-refractivity contribution in [1.82, 2.24) is 24.9 Å². The van der Waals surface area contributed by atoms with E-state index in [4.69, 9.17) is 43.5 Å². The van der Waals surface area contributed by atoms with Gasteiger partial charge in [-0.1, -0.05) is 115 Å². The SMILES string of the molecule is CN1C(=S)N(Cc2ccccc2)C(=O)/C1=C/c1ccc(-c2ccc(C(=O)O)cc2)o1.CN1CC(=O)N(Cc2ccccc2)C1=S.CNCC(=O)OC.Cl.O=Cc1ccc(-c2ccc(C(=O)O)cc2)o1.S=C=NCc1ccccc1. The number of carboxylic acid groups (broad SMARTS) is 2. The summed E-state index contributed by atoms with van der Waals surface area (Å²) in [5.74, 6) is -0.424. The highest BCUT2D eigenvalue weighted by atomic mass is 35.5. The number of isothiocyanates is 1. The second kappa shape index (κ2) is 32.1. The first kappa shape index (κ1) is 62.8. The number of rotatable bonds is 14. The van der Waals surface area contributed by atoms with Crippen LogP contribution in [0.25, 0.3) is 28.7 Å². The first-order valence-electron chi connectivity index (χ1n) is 23.6. The maximum Gasteiger partial charge on any atom is 0.335 e. The number of hydrogen-bond acceptors (Lipinski definition) is 14. The van der Waals surface area contributed by atoms with E-state index in [-0.39, 0.29) is 53.6 Å². The van der Waals surface area contributed by atoms with E-state index in [1.807, 2.05) is 98.0 Å². The number of esters is 1. The lowest BCUT2D eigenvalue weighted by Gasteiger charge is -2.16. The number of hydrogen-bond donors (Lipinski definition) is 3. The summed E-state index contributed by atoms with van der Waals surface area (Å²) < 4.78 is 15.3. The van der Waals surface area contributed by atoms with Gasteiger partial charge in [0.15, 0.2) is 22.3 Å². The maximum absolute atomic E-state index is 12.9. The van der Waals surface area contributed by atoms with Crippen molar-refractivity contribution >= 4 is 107 Å². The van der Waals surface area contributed by atoms with Crippen LogP contribution in [-0.4, -0.2) is 123 Å². The van der Waals surface area contributed by atoms with Gasteiger partial charge < -0.3 is 38.9 Å². The molecule has 3 N–H and O–H groups in total. The number of furan rings is 2. The zero-order valence-corrected chi connectivity index (χ0v) is 46.5. The molecule has 0 saturated carbocycles. The van der Waals surface area contributed by atoms with Crippen LogP contribution in [0.2, 0.25) is 0 Å². The van der Waals surface area contributed by atoms with Crippen LogP contribution in [0, 0.1) is 0 Å². The Labute approximate surface area is 478 Å². The second-order valence-corrected chi connectivity index (χ2v) is 17.6. The molecule has 2 aromatic heterocycles. The lowest BCUT2D eigenvalue weighted by atomic mass is 10.1. The maximum atomic E-state index is 12.9. The number of carbonyl (C=O) groups excluding carboxylic acids is 4. The molecule has 0 spiro atoms. The predicted octanol–water partition coefficient (Wildman–Crippen LogP) is 10.0. The minimum absolute atomic E-state index is 0. The van der Waals surface area contributed by atoms with Gasteiger partial charge in [0.05, 0.1) is 56.1 Å². The summed E-state index contributed by atoms with van der Waals surface area (Å²) >= 11 is 15.1. The fraction of sp³-hybridized carbons (Fsp3) is 0.155. The number of methoxy groups -OCH3 is 1. The number of likely N-dealkylation sites (N-methyl/N-ethyl adjacent to an activating group) is 3. The minimum atomic E-state index is -0.981. The highest BCUT2D eigenvalue weighted by molar-refractivity contribution is 7.80. The predicted molar refractivity (Wildman–Crippen MR) is 314 cm³/mol. The molecular weight excluding hydrogens is 1090 g/mol. The van der Waals surface area contributed by atoms with Crippen LogP contribution in [0.5, 0.6) is 0 Å². The molecule has 21 heteroatoms. The van der Waals surface area contributed by atoms with Crippen molar-refractivity contribution in [2.75, 3.05) is 41.3 Å². The van der Waals surface area contributed by atoms with E-state index in [9.17, 15) is 28.8 Å². The number of halogens is 1. The summed E-state index contributed by atoms with van der Waals surface area (Å²) in [6.45, 7) is 2.30. The third kappa shape index (κ3) is 19.0. The molecule has 2 amide bonds. The molecule has 9 rings (SSSR count). The molecule has 2 saturated heterocycles. The number of carbonyl (C=O) groups is 6. The van der Waals surface area contributed by atoms with Crippen LogP contribution in [0.15, 0.2) is 183 Å². The molecule has 7 aromatic rings. The van der Waals surface area contributed by atoms with Crippen molar-refractivity contribution in [3.63, 3.8) is 0 Å². The van der Waals surface area contributed by atoms with Crippen molar-refractivity contribution in [3.8, 4) is 22.6 Å². The van der Waals surface area contributed by atoms with Crippen molar-refractivity contribution in [1.29, 1.82) is 0 Å². The molecule has 0 aliphatic carbocycles. The Morgan fingerprint density at radius 3 is 1.52 bits per heavy atom. The van der Waals surface area contributed by atoms with Crippen LogP contribution in [0.4, 0.5) is 0 Å². The van der Waals surface area contributed by atoms with Gasteiger partial charge in [0.1, 0.15) is 23.0 Å². The molecule has 2 aliphatic heterocycles. The summed E-state index contributed by atoms with van der Waals surface area (Å²) in [4.78, 5) is 77.2. The Bertz CT molecular complexity index is 3260. The number of ether oxygens (including phenoxy) is 1. The minimum Gasteiger partial charge on any atom is -0.478 e. The summed E-state index contributed by atoms with van der Waals surface area (Å²) in [6, 6.07) is 48.9. The first-order valence-corrected chi connectivity index (χ1v) is 24.9. The van der Waals surface area contributed by atoms with Crippen molar-refractivity contribution in [2.45, 2.75) is 19.6 Å². The average Bonchev–Trinajstić information content (AvgIpc) is 4.33. The number of thiocarbonyl (C=S) groups is 3. The molecule has 408 valence electrons. The topological polar surface area (TPSA) is 216 Å². The normalized spacial score (nSPS) is 12.7. The smallest absolute Gasteiger partial charge is 0.335 e. The number of aliphatic imine (C=N–C) groups is 1. The number of nitrogens with one attached hydrogen (secondary N) is 1. The molecule has 5 aromatic carbocycles. The second-order valence-electron chi connectivity index (χ2n) is 16.6. The summed E-state index contributed by atoms with van der Waals surface area (Å²) in [6.07, 6.45) is 2.28. The molecule has 4 heterocycles. The average molecular weight is 1140 g/mol. The first-order chi connectivity index (χ1) is 37.6. The monoisotopic (exact) mass is 1140 g/mol. The van der Waals surface area contributed by atoms with Crippen molar-refractivity contribution in [3.05, 3.63) is 209 Å². The van der Waals surface area contributed by atoms with Gasteiger partial charge in [-0.25, -0.2) is 14.6 Å². The van der Waals surface area contributed by atoms with Crippen LogP contribution in [0.3, 0.4) is 0 Å². The number of nitrogens with zero attached hydrogens (tertiary/aromatic N) is 5. The van der Waals surface area contributed by atoms with Gasteiger partial charge in [-0.3, -0.25) is 29.0 Å². The summed E-state index contributed by atoms with van der Waals surface area (Å²) in [5, 5.41) is 23.8. The van der Waals surface area contributed by atoms with E-state index in [1.165, 1.54) is 36.9 Å². The summed E-state index contributed by atoms with van der Waals surface area (Å²) in [7, 11) is 6.65. The lowest BCUT2D eigenvalue weighted by molar-refractivity contribution is -0.139. The summed E-state index contributed by atoms with van der Waals surface area (Å²) in [5.41, 5.74) is 5.59. The molecule has 0 radical (unpaired) electrons. The quantitative estimate of drug-likeness (QED) is 0.0303. The van der Waals surface area contributed by atoms with Crippen molar-refractivity contribution in [2.24, 2.45) is 4.99 Å². The lowest BCUT2D eigenvalue weighted by Crippen LogP contribution is -2.30. The molecule has 17 nitrogen and oxygen atoms in total. The third-order valence-electron chi connectivity index (χ3n) is 11.1. The molecular formula is C58H55ClN6O11S3. The van der Waals surface area contributed by atoms with E-state index >= 15 is 0 Å². The van der Waals surface area contributed by atoms with Gasteiger partial charge in [-0.2, -0.15) is 0 Å². The molecule has 79 heavy (non-hydrogen) atoms.